The summed E-state index contributed by atoms with van der Waals surface area (Å²) in [6.07, 6.45) is 0.920. The largest absolute Gasteiger partial charge is 0.373 e. The molecule has 0 bridgehead atoms. The molecule has 19 heavy (non-hydrogen) atoms. The van der Waals surface area contributed by atoms with Crippen LogP contribution in [0.25, 0.3) is 10.9 Å². The van der Waals surface area contributed by atoms with Crippen LogP contribution in [0.5, 0.6) is 0 Å². The quantitative estimate of drug-likeness (QED) is 0.768. The van der Waals surface area contributed by atoms with Crippen molar-refractivity contribution in [2.45, 2.75) is 6.92 Å². The lowest BCUT2D eigenvalue weighted by Gasteiger charge is -2.22. The number of aldehydes is 1. The normalized spacial score (nSPS) is 15.7. The number of aromatic amines is 1. The van der Waals surface area contributed by atoms with E-state index in [0.29, 0.717) is 18.8 Å². The molecule has 98 valence electrons. The summed E-state index contributed by atoms with van der Waals surface area (Å²) < 4.78 is 5.35. The lowest BCUT2D eigenvalue weighted by atomic mass is 10.1. The number of ether oxygens (including phenoxy) is 1. The summed E-state index contributed by atoms with van der Waals surface area (Å²) in [6.45, 7) is 5.09. The van der Waals surface area contributed by atoms with Crippen molar-refractivity contribution < 1.29 is 14.5 Å². The van der Waals surface area contributed by atoms with Crippen LogP contribution in [0.15, 0.2) is 24.3 Å². The lowest BCUT2D eigenvalue weighted by molar-refractivity contribution is -0.331. The fourth-order valence-electron chi connectivity index (χ4n) is 2.49. The molecule has 1 aliphatic heterocycles. The summed E-state index contributed by atoms with van der Waals surface area (Å²) in [7, 11) is 0. The van der Waals surface area contributed by atoms with Gasteiger partial charge in [-0.1, -0.05) is 11.6 Å². The maximum Gasteiger partial charge on any atom is 0.285 e. The molecule has 0 spiro atoms. The predicted molar refractivity (Wildman–Crippen MR) is 73.7 cm³/mol. The van der Waals surface area contributed by atoms with Crippen LogP contribution in [0.1, 0.15) is 15.9 Å². The molecule has 0 unspecified atom stereocenters. The number of H-pyrrole nitrogens is 1. The molecule has 3 rings (SSSR count). The van der Waals surface area contributed by atoms with E-state index in [2.05, 4.69) is 35.0 Å². The second kappa shape index (κ2) is 4.97. The average Bonchev–Trinajstić information content (AvgIpc) is 2.46. The summed E-state index contributed by atoms with van der Waals surface area (Å²) in [5.41, 5.74) is 2.95. The van der Waals surface area contributed by atoms with Gasteiger partial charge in [0.1, 0.15) is 24.2 Å². The number of pyridine rings is 1. The Balaban J connectivity index is 2.11. The van der Waals surface area contributed by atoms with Crippen LogP contribution in [-0.4, -0.2) is 32.6 Å². The van der Waals surface area contributed by atoms with Crippen LogP contribution in [0.2, 0.25) is 0 Å². The number of aromatic nitrogens is 1. The highest BCUT2D eigenvalue weighted by molar-refractivity contribution is 5.89. The van der Waals surface area contributed by atoms with Gasteiger partial charge < -0.3 is 4.74 Å². The maximum atomic E-state index is 11.3. The summed E-state index contributed by atoms with van der Waals surface area (Å²) in [4.78, 5) is 16.9. The molecule has 2 heterocycles. The Hall–Kier alpha value is -1.94. The van der Waals surface area contributed by atoms with Gasteiger partial charge in [0.05, 0.1) is 13.2 Å². The highest BCUT2D eigenvalue weighted by atomic mass is 16.5. The number of nitrogens with zero attached hydrogens (tertiary/aromatic N) is 1. The van der Waals surface area contributed by atoms with E-state index in [1.54, 1.807) is 0 Å². The molecule has 0 radical (unpaired) electrons. The topological polar surface area (TPSA) is 43.7 Å². The van der Waals surface area contributed by atoms with Crippen LogP contribution >= 0.6 is 0 Å². The first kappa shape index (κ1) is 12.1. The Kier molecular flexibility index (Phi) is 3.17. The maximum absolute atomic E-state index is 11.3. The van der Waals surface area contributed by atoms with Gasteiger partial charge in [0, 0.05) is 5.39 Å². The molecule has 1 fully saturated rings. The Morgan fingerprint density at radius 2 is 2.05 bits per heavy atom. The highest BCUT2D eigenvalue weighted by Crippen LogP contribution is 2.20. The van der Waals surface area contributed by atoms with Gasteiger partial charge in [0.15, 0.2) is 6.29 Å². The minimum Gasteiger partial charge on any atom is -0.373 e. The van der Waals surface area contributed by atoms with Gasteiger partial charge in [-0.2, -0.15) is 0 Å². The van der Waals surface area contributed by atoms with Crippen molar-refractivity contribution >= 4 is 23.0 Å². The summed E-state index contributed by atoms with van der Waals surface area (Å²) in [5.74, 6) is 0.898. The third-order valence-corrected chi connectivity index (χ3v) is 3.50. The molecule has 2 aromatic rings. The Morgan fingerprint density at radius 1 is 1.26 bits per heavy atom. The molecule has 1 aromatic heterocycles. The zero-order valence-electron chi connectivity index (χ0n) is 11.0. The number of rotatable bonds is 2. The summed E-state index contributed by atoms with van der Waals surface area (Å²) in [6, 6.07) is 8.17. The number of aryl methyl sites for hydroxylation is 1. The van der Waals surface area contributed by atoms with E-state index in [4.69, 9.17) is 4.74 Å². The first-order chi connectivity index (χ1) is 9.28. The number of anilines is 1. The first-order valence-electron chi connectivity index (χ1n) is 6.52. The Morgan fingerprint density at radius 3 is 2.79 bits per heavy atom. The predicted octanol–water partition coefficient (Wildman–Crippen LogP) is 1.61. The van der Waals surface area contributed by atoms with Gasteiger partial charge in [-0.25, -0.2) is 4.98 Å². The van der Waals surface area contributed by atoms with Gasteiger partial charge in [-0.05, 0) is 25.1 Å². The fourth-order valence-corrected chi connectivity index (χ4v) is 2.49. The molecule has 4 heteroatoms. The lowest BCUT2D eigenvalue weighted by Crippen LogP contribution is -2.40. The average molecular weight is 257 g/mol. The summed E-state index contributed by atoms with van der Waals surface area (Å²) >= 11 is 0. The molecule has 0 atom stereocenters. The van der Waals surface area contributed by atoms with E-state index >= 15 is 0 Å². The smallest absolute Gasteiger partial charge is 0.285 e. The Labute approximate surface area is 112 Å². The van der Waals surface area contributed by atoms with E-state index < -0.39 is 0 Å². The molecule has 1 aliphatic rings. The first-order valence-corrected chi connectivity index (χ1v) is 6.52. The number of hydrogen-bond acceptors (Lipinski definition) is 3. The SMILES string of the molecule is Cc1ccc2[nH+]c(N3CCOCC3)c(C=O)cc2c1. The molecular formula is C15H17N2O2+. The monoisotopic (exact) mass is 257 g/mol. The van der Waals surface area contributed by atoms with Crippen LogP contribution in [0, 0.1) is 6.92 Å². The molecule has 4 nitrogen and oxygen atoms in total. The number of morpholine rings is 1. The number of fused-ring (bicyclic) bond motifs is 1. The molecule has 1 saturated heterocycles. The van der Waals surface area contributed by atoms with E-state index in [-0.39, 0.29) is 0 Å². The summed E-state index contributed by atoms with van der Waals surface area (Å²) in [5, 5.41) is 1.07. The van der Waals surface area contributed by atoms with Gasteiger partial charge in [-0.15, -0.1) is 0 Å². The van der Waals surface area contributed by atoms with E-state index in [1.807, 2.05) is 6.07 Å². The van der Waals surface area contributed by atoms with Crippen molar-refractivity contribution in [3.05, 3.63) is 35.4 Å². The van der Waals surface area contributed by atoms with Crippen molar-refractivity contribution in [2.24, 2.45) is 0 Å². The second-order valence-electron chi connectivity index (χ2n) is 4.88. The van der Waals surface area contributed by atoms with Crippen LogP contribution in [0.4, 0.5) is 5.82 Å². The van der Waals surface area contributed by atoms with Gasteiger partial charge in [0.2, 0.25) is 0 Å². The van der Waals surface area contributed by atoms with Crippen molar-refractivity contribution in [3.63, 3.8) is 0 Å². The van der Waals surface area contributed by atoms with Crippen molar-refractivity contribution in [2.75, 3.05) is 31.2 Å². The minimum absolute atomic E-state index is 0.706. The molecule has 1 N–H and O–H groups in total. The van der Waals surface area contributed by atoms with Gasteiger partial charge in [0.25, 0.3) is 5.82 Å². The minimum atomic E-state index is 0.706. The Bertz CT molecular complexity index is 619. The third-order valence-electron chi connectivity index (χ3n) is 3.50. The fraction of sp³-hybridized carbons (Fsp3) is 0.333. The zero-order chi connectivity index (χ0) is 13.2. The number of hydrogen-bond donors (Lipinski definition) is 0. The molecule has 0 aliphatic carbocycles. The van der Waals surface area contributed by atoms with Crippen molar-refractivity contribution in [1.29, 1.82) is 0 Å². The van der Waals surface area contributed by atoms with Gasteiger partial charge in [-0.3, -0.25) is 9.69 Å². The third kappa shape index (κ3) is 2.31. The van der Waals surface area contributed by atoms with Crippen molar-refractivity contribution in [3.8, 4) is 0 Å². The molecule has 0 saturated carbocycles. The standard InChI is InChI=1S/C15H16N2O2/c1-11-2-3-14-12(8-11)9-13(10-18)15(16-14)17-4-6-19-7-5-17/h2-3,8-10H,4-7H2,1H3/p+1. The number of carbonyl (C=O) groups excluding carboxylic acids is 1. The van der Waals surface area contributed by atoms with Crippen LogP contribution in [-0.2, 0) is 4.74 Å². The van der Waals surface area contributed by atoms with Crippen LogP contribution in [0.3, 0.4) is 0 Å². The van der Waals surface area contributed by atoms with Crippen LogP contribution < -0.4 is 9.88 Å². The molecule has 1 aromatic carbocycles. The van der Waals surface area contributed by atoms with Crippen molar-refractivity contribution in [1.82, 2.24) is 0 Å². The number of nitrogens with one attached hydrogen (secondary N) is 1. The molecular weight excluding hydrogens is 240 g/mol. The van der Waals surface area contributed by atoms with E-state index in [0.717, 1.165) is 36.1 Å². The number of carbonyl (C=O) groups is 1. The van der Waals surface area contributed by atoms with E-state index in [9.17, 15) is 4.79 Å². The number of benzene rings is 1. The second-order valence-corrected chi connectivity index (χ2v) is 4.88. The zero-order valence-corrected chi connectivity index (χ0v) is 11.0. The highest BCUT2D eigenvalue weighted by Gasteiger charge is 2.23. The molecule has 0 amide bonds. The van der Waals surface area contributed by atoms with E-state index in [1.165, 1.54) is 5.56 Å². The van der Waals surface area contributed by atoms with Gasteiger partial charge >= 0.3 is 0 Å².